The lowest BCUT2D eigenvalue weighted by atomic mass is 9.73. The van der Waals surface area contributed by atoms with Crippen LogP contribution in [0, 0.1) is 11.8 Å². The van der Waals surface area contributed by atoms with Gasteiger partial charge in [-0.25, -0.2) is 0 Å². The van der Waals surface area contributed by atoms with Crippen molar-refractivity contribution in [2.75, 3.05) is 0 Å². The van der Waals surface area contributed by atoms with Crippen LogP contribution < -0.4 is 5.73 Å². The molecular formula is C13H23Cl2NO. The highest BCUT2D eigenvalue weighted by Gasteiger charge is 2.39. The molecule has 0 radical (unpaired) electrons. The Labute approximate surface area is 114 Å². The quantitative estimate of drug-likeness (QED) is 0.764. The molecule has 100 valence electrons. The number of hydrogen-bond acceptors (Lipinski definition) is 2. The molecule has 0 aromatic heterocycles. The molecule has 0 aromatic rings. The molecule has 2 rings (SSSR count). The fourth-order valence-electron chi connectivity index (χ4n) is 3.40. The third-order valence-electron chi connectivity index (χ3n) is 4.54. The zero-order chi connectivity index (χ0) is 12.4. The van der Waals surface area contributed by atoms with Crippen LogP contribution in [-0.4, -0.2) is 28.0 Å². The van der Waals surface area contributed by atoms with E-state index in [1.165, 1.54) is 32.1 Å². The number of halogens is 2. The fourth-order valence-corrected chi connectivity index (χ4v) is 3.99. The lowest BCUT2D eigenvalue weighted by molar-refractivity contribution is 0.0417. The number of rotatable bonds is 2. The van der Waals surface area contributed by atoms with Crippen molar-refractivity contribution in [1.29, 1.82) is 0 Å². The molecular weight excluding hydrogens is 257 g/mol. The first-order valence-electron chi connectivity index (χ1n) is 6.81. The highest BCUT2D eigenvalue weighted by atomic mass is 35.5. The predicted octanol–water partition coefficient (Wildman–Crippen LogP) is 2.88. The smallest absolute Gasteiger partial charge is 0.0598 e. The Kier molecular flexibility index (Phi) is 4.99. The number of nitrogens with two attached hydrogens (primary N) is 1. The van der Waals surface area contributed by atoms with Gasteiger partial charge in [0.05, 0.1) is 16.9 Å². The van der Waals surface area contributed by atoms with Gasteiger partial charge in [0.25, 0.3) is 0 Å². The summed E-state index contributed by atoms with van der Waals surface area (Å²) in [6.45, 7) is 0. The van der Waals surface area contributed by atoms with Crippen LogP contribution in [0.5, 0.6) is 0 Å². The van der Waals surface area contributed by atoms with Crippen LogP contribution in [0.25, 0.3) is 0 Å². The Bertz CT molecular complexity index is 246. The molecule has 0 bridgehead atoms. The van der Waals surface area contributed by atoms with Gasteiger partial charge in [0.1, 0.15) is 0 Å². The monoisotopic (exact) mass is 279 g/mol. The molecule has 2 aliphatic carbocycles. The third-order valence-corrected chi connectivity index (χ3v) is 5.63. The van der Waals surface area contributed by atoms with E-state index in [0.29, 0.717) is 12.3 Å². The van der Waals surface area contributed by atoms with Crippen LogP contribution in [0.4, 0.5) is 0 Å². The maximum Gasteiger partial charge on any atom is 0.0598 e. The van der Waals surface area contributed by atoms with Gasteiger partial charge < -0.3 is 10.8 Å². The lowest BCUT2D eigenvalue weighted by Crippen LogP contribution is -2.49. The molecule has 0 amide bonds. The van der Waals surface area contributed by atoms with Gasteiger partial charge in [0.15, 0.2) is 0 Å². The minimum Gasteiger partial charge on any atom is -0.393 e. The molecule has 2 saturated carbocycles. The number of alkyl halides is 2. The molecule has 2 fully saturated rings. The number of aliphatic hydroxyl groups excluding tert-OH is 1. The Morgan fingerprint density at radius 2 is 1.59 bits per heavy atom. The maximum absolute atomic E-state index is 10.1. The third kappa shape index (κ3) is 3.28. The van der Waals surface area contributed by atoms with Crippen LogP contribution in [0.3, 0.4) is 0 Å². The summed E-state index contributed by atoms with van der Waals surface area (Å²) in [6, 6.07) is 0.0933. The number of hydrogen-bond donors (Lipinski definition) is 2. The molecule has 0 aromatic carbocycles. The molecule has 2 aliphatic rings. The summed E-state index contributed by atoms with van der Waals surface area (Å²) < 4.78 is 0. The second-order valence-corrected chi connectivity index (χ2v) is 6.83. The van der Waals surface area contributed by atoms with Gasteiger partial charge in [-0.1, -0.05) is 19.3 Å². The molecule has 17 heavy (non-hydrogen) atoms. The van der Waals surface area contributed by atoms with Crippen molar-refractivity contribution < 1.29 is 5.11 Å². The van der Waals surface area contributed by atoms with Gasteiger partial charge >= 0.3 is 0 Å². The molecule has 0 aliphatic heterocycles. The average molecular weight is 280 g/mol. The van der Waals surface area contributed by atoms with Crippen molar-refractivity contribution in [1.82, 2.24) is 0 Å². The van der Waals surface area contributed by atoms with Crippen molar-refractivity contribution in [3.8, 4) is 0 Å². The van der Waals surface area contributed by atoms with Crippen molar-refractivity contribution >= 4 is 23.2 Å². The topological polar surface area (TPSA) is 46.2 Å². The van der Waals surface area contributed by atoms with Gasteiger partial charge in [-0.3, -0.25) is 0 Å². The zero-order valence-electron chi connectivity index (χ0n) is 10.2. The molecule has 0 saturated heterocycles. The van der Waals surface area contributed by atoms with E-state index < -0.39 is 0 Å². The Morgan fingerprint density at radius 3 is 2.24 bits per heavy atom. The summed E-state index contributed by atoms with van der Waals surface area (Å²) in [4.78, 5) is 0. The average Bonchev–Trinajstić information content (AvgIpc) is 2.34. The highest BCUT2D eigenvalue weighted by Crippen LogP contribution is 2.37. The Balaban J connectivity index is 1.95. The van der Waals surface area contributed by atoms with Crippen molar-refractivity contribution in [3.63, 3.8) is 0 Å². The first kappa shape index (κ1) is 13.9. The van der Waals surface area contributed by atoms with E-state index >= 15 is 0 Å². The first-order valence-corrected chi connectivity index (χ1v) is 7.68. The summed E-state index contributed by atoms with van der Waals surface area (Å²) in [5.41, 5.74) is 6.36. The van der Waals surface area contributed by atoms with Crippen molar-refractivity contribution in [2.24, 2.45) is 17.6 Å². The molecule has 0 spiro atoms. The van der Waals surface area contributed by atoms with Gasteiger partial charge in [0.2, 0.25) is 0 Å². The van der Waals surface area contributed by atoms with E-state index in [1.807, 2.05) is 0 Å². The van der Waals surface area contributed by atoms with Crippen LogP contribution in [0.15, 0.2) is 0 Å². The SMILES string of the molecule is NC(C1CCCCC1)C1CC(Cl)C(Cl)CC1O. The van der Waals surface area contributed by atoms with Crippen molar-refractivity contribution in [3.05, 3.63) is 0 Å². The molecule has 3 N–H and O–H groups in total. The highest BCUT2D eigenvalue weighted by molar-refractivity contribution is 6.30. The fraction of sp³-hybridized carbons (Fsp3) is 1.00. The van der Waals surface area contributed by atoms with Gasteiger partial charge in [-0.15, -0.1) is 23.2 Å². The molecule has 0 heterocycles. The van der Waals surface area contributed by atoms with E-state index in [1.54, 1.807) is 0 Å². The largest absolute Gasteiger partial charge is 0.393 e. The summed E-state index contributed by atoms with van der Waals surface area (Å²) in [7, 11) is 0. The summed E-state index contributed by atoms with van der Waals surface area (Å²) >= 11 is 12.3. The van der Waals surface area contributed by atoms with E-state index in [4.69, 9.17) is 28.9 Å². The molecule has 2 nitrogen and oxygen atoms in total. The minimum absolute atomic E-state index is 0.0419. The van der Waals surface area contributed by atoms with Gasteiger partial charge in [-0.05, 0) is 31.6 Å². The lowest BCUT2D eigenvalue weighted by Gasteiger charge is -2.40. The zero-order valence-corrected chi connectivity index (χ0v) is 11.7. The summed E-state index contributed by atoms with van der Waals surface area (Å²) in [5.74, 6) is 0.703. The van der Waals surface area contributed by atoms with E-state index in [2.05, 4.69) is 0 Å². The standard InChI is InChI=1S/C13H23Cl2NO/c14-10-6-9(12(17)7-11(10)15)13(16)8-4-2-1-3-5-8/h8-13,17H,1-7,16H2. The van der Waals surface area contributed by atoms with Crippen LogP contribution in [-0.2, 0) is 0 Å². The van der Waals surface area contributed by atoms with Crippen LogP contribution in [0.1, 0.15) is 44.9 Å². The van der Waals surface area contributed by atoms with Crippen LogP contribution in [0.2, 0.25) is 0 Å². The second-order valence-electron chi connectivity index (χ2n) is 5.71. The molecule has 5 unspecified atom stereocenters. The van der Waals surface area contributed by atoms with E-state index in [0.717, 1.165) is 6.42 Å². The summed E-state index contributed by atoms with van der Waals surface area (Å²) in [5, 5.41) is 9.98. The molecule has 5 atom stereocenters. The Morgan fingerprint density at radius 1 is 1.00 bits per heavy atom. The second kappa shape index (κ2) is 6.10. The molecule has 4 heteroatoms. The first-order chi connectivity index (χ1) is 8.09. The van der Waals surface area contributed by atoms with E-state index in [9.17, 15) is 5.11 Å². The van der Waals surface area contributed by atoms with Gasteiger partial charge in [0, 0.05) is 12.0 Å². The minimum atomic E-state index is -0.371. The normalized spacial score (nSPS) is 42.4. The van der Waals surface area contributed by atoms with Gasteiger partial charge in [-0.2, -0.15) is 0 Å². The number of aliphatic hydroxyl groups is 1. The summed E-state index contributed by atoms with van der Waals surface area (Å²) in [6.07, 6.45) is 7.29. The Hall–Kier alpha value is 0.500. The maximum atomic E-state index is 10.1. The van der Waals surface area contributed by atoms with Crippen molar-refractivity contribution in [2.45, 2.75) is 67.8 Å². The van der Waals surface area contributed by atoms with E-state index in [-0.39, 0.29) is 28.8 Å². The predicted molar refractivity (Wildman–Crippen MR) is 72.6 cm³/mol. The van der Waals surface area contributed by atoms with Crippen LogP contribution >= 0.6 is 23.2 Å².